The smallest absolute Gasteiger partial charge is 0.387 e. The molecule has 0 amide bonds. The lowest BCUT2D eigenvalue weighted by Gasteiger charge is -2.24. The molecule has 0 spiro atoms. The highest BCUT2D eigenvalue weighted by atomic mass is 31.2. The lowest BCUT2D eigenvalue weighted by molar-refractivity contribution is -0.0582. The van der Waals surface area contributed by atoms with E-state index in [4.69, 9.17) is 50.2 Å². The van der Waals surface area contributed by atoms with E-state index in [1.165, 1.54) is 12.3 Å². The summed E-state index contributed by atoms with van der Waals surface area (Å²) in [6, 6.07) is 1.29. The van der Waals surface area contributed by atoms with Crippen LogP contribution in [0.3, 0.4) is 0 Å². The van der Waals surface area contributed by atoms with Crippen molar-refractivity contribution >= 4 is 63.5 Å². The Morgan fingerprint density at radius 1 is 0.603 bits per heavy atom. The quantitative estimate of drug-likeness (QED) is 0.0460. The lowest BCUT2D eigenvalue weighted by atomic mass is 10.1. The third-order valence-electron chi connectivity index (χ3n) is 10.0. The summed E-state index contributed by atoms with van der Waals surface area (Å²) >= 11 is 0. The van der Waals surface area contributed by atoms with Crippen LogP contribution in [0.25, 0.3) is 22.3 Å². The Balaban J connectivity index is 0.000000272. The number of H-pyrrole nitrogens is 2. The number of aromatic nitrogens is 10. The van der Waals surface area contributed by atoms with E-state index in [2.05, 4.69) is 43.9 Å². The zero-order valence-electron chi connectivity index (χ0n) is 33.8. The molecule has 13 atom stereocenters. The predicted octanol–water partition coefficient (Wildman–Crippen LogP) is -6.54. The monoisotopic (exact) mass is 1030 g/mol. The van der Waals surface area contributed by atoms with E-state index >= 15 is 0 Å². The molecule has 374 valence electrons. The largest absolute Gasteiger partial charge is 0.472 e. The maximum Gasteiger partial charge on any atom is 0.472 e. The highest BCUT2D eigenvalue weighted by Crippen LogP contribution is 2.50. The first-order valence-corrected chi connectivity index (χ1v) is 23.5. The van der Waals surface area contributed by atoms with Crippen molar-refractivity contribution in [3.05, 3.63) is 56.1 Å². The van der Waals surface area contributed by atoms with Crippen molar-refractivity contribution < 1.29 is 96.0 Å². The summed E-state index contributed by atoms with van der Waals surface area (Å²) in [5, 5.41) is 51.9. The Morgan fingerprint density at radius 2 is 1.03 bits per heavy atom. The minimum atomic E-state index is -5.25. The third kappa shape index (κ3) is 11.0. The molecule has 3 aliphatic rings. The summed E-state index contributed by atoms with van der Waals surface area (Å²) in [6.07, 6.45) is -15.4. The number of aromatic amines is 2. The minimum absolute atomic E-state index is 0.0225. The number of anilines is 3. The van der Waals surface area contributed by atoms with Gasteiger partial charge in [0.05, 0.1) is 32.5 Å². The van der Waals surface area contributed by atoms with Crippen molar-refractivity contribution in [2.75, 3.05) is 37.0 Å². The van der Waals surface area contributed by atoms with Crippen LogP contribution in [0.4, 0.5) is 17.7 Å². The average molecular weight is 1030 g/mol. The second-order valence-electron chi connectivity index (χ2n) is 14.6. The summed E-state index contributed by atoms with van der Waals surface area (Å²) in [4.78, 5) is 106. The molecule has 0 bridgehead atoms. The summed E-state index contributed by atoms with van der Waals surface area (Å²) in [5.74, 6) is -0.612. The van der Waals surface area contributed by atoms with Gasteiger partial charge < -0.3 is 81.4 Å². The number of aliphatic hydroxyl groups excluding tert-OH is 5. The van der Waals surface area contributed by atoms with Crippen molar-refractivity contribution in [1.29, 1.82) is 0 Å². The fourth-order valence-corrected chi connectivity index (χ4v) is 8.62. The number of aliphatic hydroxyl groups is 5. The standard InChI is InChI=1S/C20H26N10O15P2.C9H14N3O8P/c21-19-25-13-7(15(34)27-19)23-3-29(13)17-10(32)9(31)5(43-17)1-42-47(39,40)45-12-6(2-41-46(36,37)38)44-18(11(12)33)30-4-24-8-14(30)26-20(22)28-16(8)35;10-5-1-2-12(9(15)11-5)8-7(14)6(13)4(20-8)3-19-21(16,17)18/h3-6,9-12,17-18,31-33H,1-2H2,(H,39,40)(H2,36,37,38)(H3,21,25,27,34)(H3,22,26,28,35);1-2,4,6-8,13-14H,3H2,(H2,10,11,15)(H2,16,17,18). The predicted molar refractivity (Wildman–Crippen MR) is 216 cm³/mol. The van der Waals surface area contributed by atoms with Gasteiger partial charge in [0.25, 0.3) is 11.1 Å². The molecular weight excluding hydrogens is 991 g/mol. The Kier molecular flexibility index (Phi) is 14.5. The fourth-order valence-electron chi connectivity index (χ4n) is 6.98. The van der Waals surface area contributed by atoms with E-state index < -0.39 is 134 Å². The Bertz CT molecular complexity index is 2980. The molecule has 8 heterocycles. The number of imidazole rings is 2. The molecule has 5 aromatic heterocycles. The summed E-state index contributed by atoms with van der Waals surface area (Å²) < 4.78 is 73.3. The van der Waals surface area contributed by atoms with Crippen LogP contribution in [-0.2, 0) is 46.0 Å². The molecule has 18 N–H and O–H groups in total. The van der Waals surface area contributed by atoms with Crippen molar-refractivity contribution in [2.24, 2.45) is 0 Å². The topological polar surface area (TPSA) is 558 Å². The average Bonchev–Trinajstić information content (AvgIpc) is 4.04. The van der Waals surface area contributed by atoms with E-state index in [1.807, 2.05) is 0 Å². The number of phosphoric ester groups is 3. The molecule has 0 aliphatic carbocycles. The van der Waals surface area contributed by atoms with Crippen LogP contribution in [0.2, 0.25) is 0 Å². The Hall–Kier alpha value is -5.01. The molecule has 5 aromatic rings. The molecule has 8 rings (SSSR count). The zero-order chi connectivity index (χ0) is 49.8. The van der Waals surface area contributed by atoms with Gasteiger partial charge in [0.2, 0.25) is 11.9 Å². The molecular formula is C29H40N13O23P3. The number of nitrogens with one attached hydrogen (secondary N) is 2. The van der Waals surface area contributed by atoms with Crippen LogP contribution < -0.4 is 34.0 Å². The third-order valence-corrected chi connectivity index (χ3v) is 12.0. The van der Waals surface area contributed by atoms with Crippen LogP contribution in [0.15, 0.2) is 39.3 Å². The second kappa shape index (κ2) is 19.4. The molecule has 13 unspecified atom stereocenters. The van der Waals surface area contributed by atoms with E-state index in [9.17, 15) is 68.3 Å². The summed E-state index contributed by atoms with van der Waals surface area (Å²) in [6.45, 7) is -2.51. The van der Waals surface area contributed by atoms with Crippen molar-refractivity contribution in [1.82, 2.24) is 48.6 Å². The number of nitrogens with zero attached hydrogens (tertiary/aromatic N) is 8. The summed E-state index contributed by atoms with van der Waals surface area (Å²) in [7, 11) is -15.1. The lowest BCUT2D eigenvalue weighted by Crippen LogP contribution is -2.37. The fraction of sp³-hybridized carbons (Fsp3) is 0.517. The SMILES string of the molecule is Nc1ccn(C2OC(COP(=O)(O)O)C(O)C2O)c(=O)n1.Nc1nc2c(ncn2C2OC(COP(=O)(O)OC3C(COP(=O)(O)O)OC(n4cnc5c(=O)[nH]c(N)nc54)C3O)C(O)C2O)c(=O)[nH]1. The van der Waals surface area contributed by atoms with Crippen LogP contribution in [0.5, 0.6) is 0 Å². The normalized spacial score (nSPS) is 29.6. The van der Waals surface area contributed by atoms with Gasteiger partial charge in [-0.2, -0.15) is 15.0 Å². The maximum absolute atomic E-state index is 13.0. The van der Waals surface area contributed by atoms with E-state index in [0.29, 0.717) is 0 Å². The molecule has 3 saturated heterocycles. The first kappa shape index (κ1) is 50.9. The Morgan fingerprint density at radius 3 is 1.50 bits per heavy atom. The molecule has 36 nitrogen and oxygen atoms in total. The molecule has 3 fully saturated rings. The molecule has 39 heteroatoms. The summed E-state index contributed by atoms with van der Waals surface area (Å²) in [5.41, 5.74) is 13.6. The van der Waals surface area contributed by atoms with Gasteiger partial charge in [0, 0.05) is 6.20 Å². The molecule has 68 heavy (non-hydrogen) atoms. The van der Waals surface area contributed by atoms with Gasteiger partial charge in [-0.25, -0.2) is 28.5 Å². The first-order valence-electron chi connectivity index (χ1n) is 18.9. The molecule has 3 aliphatic heterocycles. The van der Waals surface area contributed by atoms with E-state index in [-0.39, 0.29) is 40.0 Å². The molecule has 0 saturated carbocycles. The first-order chi connectivity index (χ1) is 31.7. The molecule has 0 radical (unpaired) electrons. The maximum atomic E-state index is 13.0. The van der Waals surface area contributed by atoms with Crippen LogP contribution in [0, 0.1) is 0 Å². The van der Waals surface area contributed by atoms with Gasteiger partial charge in [-0.3, -0.25) is 51.4 Å². The Labute approximate surface area is 374 Å². The molecule has 0 aromatic carbocycles. The number of nitrogen functional groups attached to an aromatic ring is 3. The highest BCUT2D eigenvalue weighted by Gasteiger charge is 2.51. The zero-order valence-corrected chi connectivity index (χ0v) is 36.5. The van der Waals surface area contributed by atoms with Gasteiger partial charge in [-0.15, -0.1) is 0 Å². The van der Waals surface area contributed by atoms with Crippen molar-refractivity contribution in [3.63, 3.8) is 0 Å². The number of phosphoric acid groups is 3. The van der Waals surface area contributed by atoms with Gasteiger partial charge in [0.15, 0.2) is 41.0 Å². The number of hydrogen-bond acceptors (Lipinski definition) is 26. The van der Waals surface area contributed by atoms with Gasteiger partial charge in [0.1, 0.15) is 60.8 Å². The van der Waals surface area contributed by atoms with Gasteiger partial charge in [-0.05, 0) is 6.07 Å². The second-order valence-corrected chi connectivity index (χ2v) is 18.5. The number of ether oxygens (including phenoxy) is 3. The number of fused-ring (bicyclic) bond motifs is 2. The number of hydrogen-bond donors (Lipinski definition) is 15. The van der Waals surface area contributed by atoms with Crippen molar-refractivity contribution in [2.45, 2.75) is 73.6 Å². The van der Waals surface area contributed by atoms with Crippen LogP contribution >= 0.6 is 23.5 Å². The minimum Gasteiger partial charge on any atom is -0.387 e. The number of nitrogens with two attached hydrogens (primary N) is 3. The number of rotatable bonds is 14. The van der Waals surface area contributed by atoms with Crippen LogP contribution in [0.1, 0.15) is 18.7 Å². The van der Waals surface area contributed by atoms with E-state index in [1.54, 1.807) is 0 Å². The van der Waals surface area contributed by atoms with Crippen molar-refractivity contribution in [3.8, 4) is 0 Å². The van der Waals surface area contributed by atoms with Crippen LogP contribution in [-0.4, -0.2) is 173 Å². The highest BCUT2D eigenvalue weighted by molar-refractivity contribution is 7.47. The van der Waals surface area contributed by atoms with Gasteiger partial charge >= 0.3 is 29.2 Å². The van der Waals surface area contributed by atoms with E-state index in [0.717, 1.165) is 26.4 Å². The van der Waals surface area contributed by atoms with Gasteiger partial charge in [-0.1, -0.05) is 0 Å².